The lowest BCUT2D eigenvalue weighted by atomic mass is 10.0. The summed E-state index contributed by atoms with van der Waals surface area (Å²) >= 11 is 0. The second kappa shape index (κ2) is 6.14. The summed E-state index contributed by atoms with van der Waals surface area (Å²) in [6.07, 6.45) is 0.244. The summed E-state index contributed by atoms with van der Waals surface area (Å²) in [6.45, 7) is 4.90. The van der Waals surface area contributed by atoms with Crippen molar-refractivity contribution in [1.82, 2.24) is 4.90 Å². The molecule has 126 valence electrons. The molecule has 1 aliphatic rings. The summed E-state index contributed by atoms with van der Waals surface area (Å²) in [5.41, 5.74) is -1.50. The van der Waals surface area contributed by atoms with Crippen molar-refractivity contribution in [3.63, 3.8) is 0 Å². The fourth-order valence-corrected chi connectivity index (χ4v) is 2.29. The van der Waals surface area contributed by atoms with Crippen molar-refractivity contribution < 1.29 is 28.2 Å². The molecule has 2 rings (SSSR count). The van der Waals surface area contributed by atoms with Crippen LogP contribution in [0.3, 0.4) is 0 Å². The lowest BCUT2D eigenvalue weighted by molar-refractivity contribution is -0.144. The average molecular weight is 327 g/mol. The monoisotopic (exact) mass is 327 g/mol. The largest absolute Gasteiger partial charge is 0.479 e. The summed E-state index contributed by atoms with van der Waals surface area (Å²) in [4.78, 5) is 25.0. The summed E-state index contributed by atoms with van der Waals surface area (Å²) in [5.74, 6) is -3.52. The molecule has 0 aliphatic heterocycles. The maximum atomic E-state index is 14.0. The van der Waals surface area contributed by atoms with E-state index in [1.54, 1.807) is 20.8 Å². The van der Waals surface area contributed by atoms with E-state index < -0.39 is 46.9 Å². The van der Waals surface area contributed by atoms with E-state index in [1.807, 2.05) is 0 Å². The summed E-state index contributed by atoms with van der Waals surface area (Å²) in [6, 6.07) is 0.911. The summed E-state index contributed by atoms with van der Waals surface area (Å²) in [5, 5.41) is 9.49. The van der Waals surface area contributed by atoms with Gasteiger partial charge in [0.25, 0.3) is 0 Å². The minimum atomic E-state index is -1.77. The van der Waals surface area contributed by atoms with Gasteiger partial charge in [0.15, 0.2) is 6.04 Å². The van der Waals surface area contributed by atoms with Crippen LogP contribution >= 0.6 is 0 Å². The third-order valence-electron chi connectivity index (χ3n) is 3.33. The van der Waals surface area contributed by atoms with Crippen LogP contribution in [0.1, 0.15) is 45.2 Å². The molecule has 0 heterocycles. The number of benzene rings is 1. The molecule has 0 saturated heterocycles. The van der Waals surface area contributed by atoms with Gasteiger partial charge in [0.1, 0.15) is 17.2 Å². The number of rotatable bonds is 4. The van der Waals surface area contributed by atoms with Gasteiger partial charge in [-0.3, -0.25) is 4.90 Å². The van der Waals surface area contributed by atoms with Crippen LogP contribution in [0, 0.1) is 11.6 Å². The molecule has 0 radical (unpaired) electrons. The van der Waals surface area contributed by atoms with Crippen LogP contribution in [0.2, 0.25) is 0 Å². The number of hydrogen-bond donors (Lipinski definition) is 1. The van der Waals surface area contributed by atoms with Gasteiger partial charge in [-0.1, -0.05) is 6.07 Å². The highest BCUT2D eigenvalue weighted by atomic mass is 19.1. The van der Waals surface area contributed by atoms with Crippen molar-refractivity contribution in [3.05, 3.63) is 35.4 Å². The molecule has 1 aromatic rings. The van der Waals surface area contributed by atoms with Crippen LogP contribution in [0.5, 0.6) is 0 Å². The Balaban J connectivity index is 2.45. The predicted octanol–water partition coefficient (Wildman–Crippen LogP) is 3.49. The normalized spacial score (nSPS) is 15.9. The van der Waals surface area contributed by atoms with Crippen LogP contribution in [0.15, 0.2) is 18.2 Å². The van der Waals surface area contributed by atoms with E-state index >= 15 is 0 Å². The number of amides is 1. The first-order valence-electron chi connectivity index (χ1n) is 7.30. The molecule has 23 heavy (non-hydrogen) atoms. The minimum Gasteiger partial charge on any atom is -0.479 e. The highest BCUT2D eigenvalue weighted by Gasteiger charge is 2.45. The van der Waals surface area contributed by atoms with Crippen LogP contribution in [0.4, 0.5) is 13.6 Å². The Hall–Kier alpha value is -2.18. The number of carbonyl (C=O) groups is 2. The van der Waals surface area contributed by atoms with E-state index in [-0.39, 0.29) is 0 Å². The SMILES string of the molecule is CC(C)(C)OC(=O)N(C1CC1)C(C(=O)O)c1c(F)cccc1F. The second-order valence-corrected chi connectivity index (χ2v) is 6.49. The third kappa shape index (κ3) is 3.97. The molecule has 1 amide bonds. The van der Waals surface area contributed by atoms with Gasteiger partial charge in [0, 0.05) is 6.04 Å². The number of carboxylic acids is 1. The number of halogens is 2. The van der Waals surface area contributed by atoms with Gasteiger partial charge >= 0.3 is 12.1 Å². The lowest BCUT2D eigenvalue weighted by Gasteiger charge is -2.32. The van der Waals surface area contributed by atoms with Crippen LogP contribution in [-0.4, -0.2) is 33.7 Å². The first kappa shape index (κ1) is 17.2. The molecule has 7 heteroatoms. The van der Waals surface area contributed by atoms with Gasteiger partial charge in [-0.15, -0.1) is 0 Å². The number of carboxylic acid groups (broad SMARTS) is 1. The van der Waals surface area contributed by atoms with Crippen LogP contribution in [-0.2, 0) is 9.53 Å². The molecular weight excluding hydrogens is 308 g/mol. The molecule has 0 bridgehead atoms. The van der Waals surface area contributed by atoms with E-state index in [1.165, 1.54) is 0 Å². The Labute approximate surface area is 132 Å². The molecule has 0 spiro atoms. The van der Waals surface area contributed by atoms with Crippen molar-refractivity contribution in [1.29, 1.82) is 0 Å². The quantitative estimate of drug-likeness (QED) is 0.919. The molecule has 5 nitrogen and oxygen atoms in total. The number of hydrogen-bond acceptors (Lipinski definition) is 3. The zero-order chi connectivity index (χ0) is 17.4. The maximum absolute atomic E-state index is 14.0. The van der Waals surface area contributed by atoms with E-state index in [9.17, 15) is 23.5 Å². The first-order chi connectivity index (χ1) is 10.6. The smallest absolute Gasteiger partial charge is 0.411 e. The van der Waals surface area contributed by atoms with Gasteiger partial charge in [-0.05, 0) is 45.7 Å². The Bertz CT molecular complexity index is 603. The number of nitrogens with zero attached hydrogens (tertiary/aromatic N) is 1. The van der Waals surface area contributed by atoms with Crippen molar-refractivity contribution >= 4 is 12.1 Å². The van der Waals surface area contributed by atoms with E-state index in [0.717, 1.165) is 23.1 Å². The van der Waals surface area contributed by atoms with Gasteiger partial charge in [0.2, 0.25) is 0 Å². The molecule has 1 atom stereocenters. The first-order valence-corrected chi connectivity index (χ1v) is 7.30. The molecular formula is C16H19F2NO4. The molecule has 0 aromatic heterocycles. The minimum absolute atomic E-state index is 0.398. The molecule has 1 N–H and O–H groups in total. The van der Waals surface area contributed by atoms with E-state index in [0.29, 0.717) is 12.8 Å². The third-order valence-corrected chi connectivity index (χ3v) is 3.33. The van der Waals surface area contributed by atoms with Crippen molar-refractivity contribution in [2.45, 2.75) is 51.3 Å². The summed E-state index contributed by atoms with van der Waals surface area (Å²) < 4.78 is 33.3. The fourth-order valence-electron chi connectivity index (χ4n) is 2.29. The zero-order valence-corrected chi connectivity index (χ0v) is 13.2. The Morgan fingerprint density at radius 3 is 2.17 bits per heavy atom. The average Bonchev–Trinajstić information content (AvgIpc) is 3.19. The van der Waals surface area contributed by atoms with E-state index in [2.05, 4.69) is 0 Å². The molecule has 1 aromatic carbocycles. The molecule has 1 aliphatic carbocycles. The zero-order valence-electron chi connectivity index (χ0n) is 13.2. The van der Waals surface area contributed by atoms with Gasteiger partial charge in [-0.25, -0.2) is 18.4 Å². The number of carbonyl (C=O) groups excluding carboxylic acids is 1. The Kier molecular flexibility index (Phi) is 4.58. The van der Waals surface area contributed by atoms with E-state index in [4.69, 9.17) is 4.74 Å². The van der Waals surface area contributed by atoms with Crippen molar-refractivity contribution in [3.8, 4) is 0 Å². The van der Waals surface area contributed by atoms with Crippen molar-refractivity contribution in [2.75, 3.05) is 0 Å². The predicted molar refractivity (Wildman–Crippen MR) is 77.8 cm³/mol. The Morgan fingerprint density at radius 2 is 1.78 bits per heavy atom. The van der Waals surface area contributed by atoms with Crippen LogP contribution < -0.4 is 0 Å². The standard InChI is InChI=1S/C16H19F2NO4/c1-16(2,3)23-15(22)19(9-7-8-9)13(14(20)21)12-10(17)5-4-6-11(12)18/h4-6,9,13H,7-8H2,1-3H3,(H,20,21). The molecule has 1 saturated carbocycles. The maximum Gasteiger partial charge on any atom is 0.411 e. The van der Waals surface area contributed by atoms with Crippen molar-refractivity contribution in [2.24, 2.45) is 0 Å². The Morgan fingerprint density at radius 1 is 1.26 bits per heavy atom. The highest BCUT2D eigenvalue weighted by Crippen LogP contribution is 2.37. The molecule has 1 unspecified atom stereocenters. The van der Waals surface area contributed by atoms with Gasteiger partial charge in [-0.2, -0.15) is 0 Å². The summed E-state index contributed by atoms with van der Waals surface area (Å²) in [7, 11) is 0. The molecule has 1 fully saturated rings. The lowest BCUT2D eigenvalue weighted by Crippen LogP contribution is -2.44. The number of ether oxygens (including phenoxy) is 1. The fraction of sp³-hybridized carbons (Fsp3) is 0.500. The van der Waals surface area contributed by atoms with Gasteiger partial charge in [0.05, 0.1) is 5.56 Å². The highest BCUT2D eigenvalue weighted by molar-refractivity contribution is 5.82. The topological polar surface area (TPSA) is 66.8 Å². The second-order valence-electron chi connectivity index (χ2n) is 6.49. The number of aliphatic carboxylic acids is 1. The van der Waals surface area contributed by atoms with Gasteiger partial charge < -0.3 is 9.84 Å². The van der Waals surface area contributed by atoms with Crippen LogP contribution in [0.25, 0.3) is 0 Å².